The molecule has 48 heavy (non-hydrogen) atoms. The van der Waals surface area contributed by atoms with Gasteiger partial charge in [0, 0.05) is 11.1 Å². The van der Waals surface area contributed by atoms with Crippen LogP contribution in [0.15, 0.2) is 176 Å². The Morgan fingerprint density at radius 1 is 0.396 bits per heavy atom. The maximum Gasteiger partial charge on any atom is 0.188 e. The molecule has 8 aromatic rings. The Balaban J connectivity index is 1.38. The summed E-state index contributed by atoms with van der Waals surface area (Å²) in [6.45, 7) is 15.8. The van der Waals surface area contributed by atoms with Gasteiger partial charge < -0.3 is 4.57 Å². The van der Waals surface area contributed by atoms with Gasteiger partial charge in [-0.3, -0.25) is 0 Å². The van der Waals surface area contributed by atoms with Crippen LogP contribution in [0, 0.1) is 13.1 Å². The zero-order valence-electron chi connectivity index (χ0n) is 26.1. The molecule has 3 nitrogen and oxygen atoms in total. The molecule has 0 aliphatic carbocycles. The van der Waals surface area contributed by atoms with Crippen LogP contribution in [0.2, 0.25) is 0 Å². The van der Waals surface area contributed by atoms with Crippen molar-refractivity contribution in [3.05, 3.63) is 199 Å². The molecule has 0 saturated heterocycles. The molecular weight excluding hydrogens is 599 g/mol. The van der Waals surface area contributed by atoms with E-state index >= 15 is 0 Å². The normalized spacial score (nSPS) is 11.3. The van der Waals surface area contributed by atoms with Crippen molar-refractivity contribution in [1.82, 2.24) is 4.57 Å². The number of nitrogens with zero attached hydrogens (tertiary/aromatic N) is 3. The van der Waals surface area contributed by atoms with Crippen LogP contribution in [0.4, 0.5) is 11.4 Å². The fourth-order valence-electron chi connectivity index (χ4n) is 7.26. The van der Waals surface area contributed by atoms with Gasteiger partial charge in [0.1, 0.15) is 0 Å². The average Bonchev–Trinajstić information content (AvgIpc) is 3.50. The molecule has 0 amide bonds. The van der Waals surface area contributed by atoms with Crippen molar-refractivity contribution in [3.63, 3.8) is 0 Å². The molecule has 0 fully saturated rings. The van der Waals surface area contributed by atoms with Gasteiger partial charge in [0.05, 0.1) is 24.2 Å². The Morgan fingerprint density at radius 3 is 1.60 bits per heavy atom. The monoisotopic (exact) mass is 627 g/mol. The molecule has 0 unspecified atom stereocenters. The van der Waals surface area contributed by atoms with E-state index in [-0.39, 0.29) is 0 Å². The number of benzene rings is 7. The Kier molecular flexibility index (Phi) is 7.27. The van der Waals surface area contributed by atoms with Gasteiger partial charge in [0.25, 0.3) is 0 Å². The Morgan fingerprint density at radius 2 is 0.979 bits per heavy atom. The quantitative estimate of drug-likeness (QED) is 0.0993. The van der Waals surface area contributed by atoms with Crippen molar-refractivity contribution in [2.24, 2.45) is 0 Å². The van der Waals surface area contributed by atoms with Gasteiger partial charge in [-0.1, -0.05) is 145 Å². The Hall–Kier alpha value is -6.46. The van der Waals surface area contributed by atoms with Gasteiger partial charge in [0.2, 0.25) is 0 Å². The first-order valence-corrected chi connectivity index (χ1v) is 17.9. The summed E-state index contributed by atoms with van der Waals surface area (Å²) in [7, 11) is -2.83. The van der Waals surface area contributed by atoms with E-state index < -0.39 is 8.07 Å². The zero-order valence-corrected chi connectivity index (χ0v) is 27.1. The highest BCUT2D eigenvalue weighted by molar-refractivity contribution is 7.20. The lowest BCUT2D eigenvalue weighted by molar-refractivity contribution is 1.18. The molecule has 1 heterocycles. The van der Waals surface area contributed by atoms with Crippen LogP contribution in [0.25, 0.3) is 48.3 Å². The number of aromatic nitrogens is 1. The fraction of sp³-hybridized carbons (Fsp3) is 0. The molecule has 0 N–H and O–H groups in total. The van der Waals surface area contributed by atoms with Crippen molar-refractivity contribution in [2.75, 3.05) is 0 Å². The van der Waals surface area contributed by atoms with Crippen molar-refractivity contribution < 1.29 is 0 Å². The van der Waals surface area contributed by atoms with Crippen LogP contribution >= 0.6 is 0 Å². The second-order valence-electron chi connectivity index (χ2n) is 11.9. The summed E-state index contributed by atoms with van der Waals surface area (Å²) in [5.41, 5.74) is 6.48. The molecule has 224 valence electrons. The highest BCUT2D eigenvalue weighted by atomic mass is 28.3. The fourth-order valence-corrected chi connectivity index (χ4v) is 12.1. The zero-order chi connectivity index (χ0) is 32.5. The number of hydrogen-bond donors (Lipinski definition) is 0. The van der Waals surface area contributed by atoms with Crippen LogP contribution in [0.5, 0.6) is 0 Å². The summed E-state index contributed by atoms with van der Waals surface area (Å²) in [6.07, 6.45) is 0. The highest BCUT2D eigenvalue weighted by Gasteiger charge is 2.41. The first-order valence-electron chi connectivity index (χ1n) is 15.9. The Labute approximate surface area is 281 Å². The predicted molar refractivity (Wildman–Crippen MR) is 202 cm³/mol. The lowest BCUT2D eigenvalue weighted by Gasteiger charge is -2.35. The number of hydrogen-bond acceptors (Lipinski definition) is 0. The summed E-state index contributed by atoms with van der Waals surface area (Å²) in [5, 5.41) is 7.16. The lowest BCUT2D eigenvalue weighted by Crippen LogP contribution is -2.74. The molecule has 0 bridgehead atoms. The molecule has 0 aliphatic rings. The topological polar surface area (TPSA) is 13.6 Å². The highest BCUT2D eigenvalue weighted by Crippen LogP contribution is 2.35. The number of rotatable bonds is 6. The third-order valence-corrected chi connectivity index (χ3v) is 14.1. The van der Waals surface area contributed by atoms with E-state index in [1.165, 1.54) is 20.7 Å². The van der Waals surface area contributed by atoms with Gasteiger partial charge in [-0.25, -0.2) is 9.69 Å². The maximum absolute atomic E-state index is 8.20. The Bertz CT molecular complexity index is 2430. The van der Waals surface area contributed by atoms with E-state index in [1.54, 1.807) is 0 Å². The molecule has 7 aromatic carbocycles. The first-order chi connectivity index (χ1) is 23.7. The third-order valence-electron chi connectivity index (χ3n) is 9.32. The standard InChI is InChI=1S/C44H29N3Si/c1-45-34-25-26-44-42(31-34)41-23-12-13-24-43(41)47(44)36-16-14-15-32(28-36)33-27-35(46-2)30-40(29-33)48(37-17-6-3-7-18-37,38-19-8-4-9-20-38)39-21-10-5-11-22-39/h3-31H. The molecule has 4 heteroatoms. The lowest BCUT2D eigenvalue weighted by atomic mass is 10.0. The van der Waals surface area contributed by atoms with Gasteiger partial charge in [-0.15, -0.1) is 0 Å². The molecule has 0 spiro atoms. The van der Waals surface area contributed by atoms with Gasteiger partial charge in [0.15, 0.2) is 19.4 Å². The number of fused-ring (bicyclic) bond motifs is 3. The molecular formula is C44H29N3Si. The van der Waals surface area contributed by atoms with E-state index in [9.17, 15) is 0 Å². The van der Waals surface area contributed by atoms with Gasteiger partial charge in [-0.2, -0.15) is 0 Å². The molecule has 0 aliphatic heterocycles. The molecule has 0 atom stereocenters. The second kappa shape index (κ2) is 12.0. The van der Waals surface area contributed by atoms with Crippen LogP contribution < -0.4 is 20.7 Å². The first kappa shape index (κ1) is 29.0. The van der Waals surface area contributed by atoms with Crippen molar-refractivity contribution in [3.8, 4) is 16.8 Å². The maximum atomic E-state index is 8.20. The SMILES string of the molecule is [C-]#[N+]c1cc(-c2cccc(-n3c4ccccc4c4cc([N+]#[C-])ccc43)c2)cc([Si](c2ccccc2)(c2ccccc2)c2ccccc2)c1. The smallest absolute Gasteiger partial charge is 0.188 e. The summed E-state index contributed by atoms with van der Waals surface area (Å²) in [6, 6.07) is 61.8. The van der Waals surface area contributed by atoms with Crippen LogP contribution in [0.1, 0.15) is 0 Å². The molecule has 1 aromatic heterocycles. The van der Waals surface area contributed by atoms with E-state index in [4.69, 9.17) is 13.1 Å². The van der Waals surface area contributed by atoms with Crippen molar-refractivity contribution >= 4 is 62.0 Å². The summed E-state index contributed by atoms with van der Waals surface area (Å²) in [5.74, 6) is 0. The minimum absolute atomic E-state index is 0.621. The summed E-state index contributed by atoms with van der Waals surface area (Å²) < 4.78 is 2.28. The van der Waals surface area contributed by atoms with E-state index in [0.717, 1.165) is 38.6 Å². The molecule has 0 saturated carbocycles. The summed E-state index contributed by atoms with van der Waals surface area (Å²) >= 11 is 0. The summed E-state index contributed by atoms with van der Waals surface area (Å²) in [4.78, 5) is 7.72. The number of para-hydroxylation sites is 1. The van der Waals surface area contributed by atoms with Crippen LogP contribution in [-0.4, -0.2) is 12.6 Å². The van der Waals surface area contributed by atoms with E-state index in [1.807, 2.05) is 30.3 Å². The third kappa shape index (κ3) is 4.72. The minimum atomic E-state index is -2.83. The van der Waals surface area contributed by atoms with E-state index in [0.29, 0.717) is 11.4 Å². The van der Waals surface area contributed by atoms with Gasteiger partial charge in [-0.05, 0) is 68.5 Å². The molecule has 8 rings (SSSR count). The minimum Gasteiger partial charge on any atom is -0.309 e. The average molecular weight is 628 g/mol. The molecule has 0 radical (unpaired) electrons. The van der Waals surface area contributed by atoms with Crippen LogP contribution in [0.3, 0.4) is 0 Å². The van der Waals surface area contributed by atoms with E-state index in [2.05, 4.69) is 160 Å². The second-order valence-corrected chi connectivity index (χ2v) is 15.8. The largest absolute Gasteiger partial charge is 0.309 e. The van der Waals surface area contributed by atoms with Crippen molar-refractivity contribution in [1.29, 1.82) is 0 Å². The van der Waals surface area contributed by atoms with Gasteiger partial charge >= 0.3 is 0 Å². The van der Waals surface area contributed by atoms with Crippen LogP contribution in [-0.2, 0) is 0 Å². The van der Waals surface area contributed by atoms with Crippen molar-refractivity contribution in [2.45, 2.75) is 0 Å². The predicted octanol–water partition coefficient (Wildman–Crippen LogP) is 8.93.